The van der Waals surface area contributed by atoms with Gasteiger partial charge in [0.05, 0.1) is 38.1 Å². The highest BCUT2D eigenvalue weighted by atomic mass is 16.8. The zero-order valence-electron chi connectivity index (χ0n) is 22.7. The molecule has 4 fully saturated rings. The third-order valence-electron chi connectivity index (χ3n) is 8.33. The van der Waals surface area contributed by atoms with E-state index < -0.39 is 73.7 Å². The van der Waals surface area contributed by atoms with Gasteiger partial charge in [-0.2, -0.15) is 0 Å². The molecule has 218 valence electrons. The predicted molar refractivity (Wildman–Crippen MR) is 129 cm³/mol. The average Bonchev–Trinajstić information content (AvgIpc) is 3.35. The van der Waals surface area contributed by atoms with E-state index in [1.54, 1.807) is 14.2 Å². The molecule has 0 aromatic rings. The lowest BCUT2D eigenvalue weighted by molar-refractivity contribution is -0.356. The Morgan fingerprint density at radius 3 is 2.18 bits per heavy atom. The molecular weight excluding hydrogens is 506 g/mol. The van der Waals surface area contributed by atoms with Crippen molar-refractivity contribution in [3.05, 3.63) is 10.4 Å². The van der Waals surface area contributed by atoms with Gasteiger partial charge in [0.2, 0.25) is 0 Å². The summed E-state index contributed by atoms with van der Waals surface area (Å²) in [5.41, 5.74) is 9.06. The lowest BCUT2D eigenvalue weighted by Crippen LogP contribution is -2.62. The molecule has 4 saturated heterocycles. The van der Waals surface area contributed by atoms with Crippen molar-refractivity contribution in [3.63, 3.8) is 0 Å². The number of fused-ring (bicyclic) bond motifs is 2. The Kier molecular flexibility index (Phi) is 10.2. The zero-order chi connectivity index (χ0) is 27.6. The summed E-state index contributed by atoms with van der Waals surface area (Å²) in [5, 5.41) is 24.0. The van der Waals surface area contributed by atoms with E-state index in [9.17, 15) is 10.2 Å². The van der Waals surface area contributed by atoms with Crippen LogP contribution >= 0.6 is 0 Å². The van der Waals surface area contributed by atoms with Crippen LogP contribution in [0.1, 0.15) is 20.8 Å². The maximum atomic E-state index is 10.5. The number of azide groups is 1. The van der Waals surface area contributed by atoms with E-state index in [0.29, 0.717) is 0 Å². The van der Waals surface area contributed by atoms with E-state index in [-0.39, 0.29) is 37.6 Å². The van der Waals surface area contributed by atoms with Crippen molar-refractivity contribution in [2.45, 2.75) is 94.5 Å². The van der Waals surface area contributed by atoms with Gasteiger partial charge in [0, 0.05) is 38.1 Å². The Labute approximate surface area is 222 Å². The third kappa shape index (κ3) is 5.69. The molecule has 0 spiro atoms. The molecule has 0 aliphatic carbocycles. The summed E-state index contributed by atoms with van der Waals surface area (Å²) in [6, 6.07) is -0.733. The lowest BCUT2D eigenvalue weighted by Gasteiger charge is -2.49. The Hall–Kier alpha value is -1.13. The normalized spacial score (nSPS) is 49.0. The minimum Gasteiger partial charge on any atom is -0.394 e. The second-order valence-electron chi connectivity index (χ2n) is 10.5. The molecule has 0 aromatic carbocycles. The molecule has 14 heteroatoms. The van der Waals surface area contributed by atoms with Crippen LogP contribution in [0.25, 0.3) is 10.4 Å². The first-order chi connectivity index (χ1) is 18.3. The summed E-state index contributed by atoms with van der Waals surface area (Å²) in [6.07, 6.45) is -7.12. The van der Waals surface area contributed by atoms with E-state index in [2.05, 4.69) is 10.0 Å². The van der Waals surface area contributed by atoms with Crippen LogP contribution in [0.2, 0.25) is 0 Å². The summed E-state index contributed by atoms with van der Waals surface area (Å²) in [5.74, 6) is -0.539. The predicted octanol–water partition coefficient (Wildman–Crippen LogP) is 0.579. The van der Waals surface area contributed by atoms with Gasteiger partial charge in [-0.15, -0.1) is 0 Å². The molecule has 4 aliphatic rings. The minimum absolute atomic E-state index is 0.145. The van der Waals surface area contributed by atoms with Gasteiger partial charge in [-0.1, -0.05) is 25.9 Å². The van der Waals surface area contributed by atoms with Crippen LogP contribution in [0.15, 0.2) is 5.11 Å². The second-order valence-corrected chi connectivity index (χ2v) is 10.5. The topological polar surface area (TPSA) is 172 Å². The van der Waals surface area contributed by atoms with Crippen molar-refractivity contribution < 1.29 is 52.8 Å². The SMILES string of the molecule is COC[C@@H]1O[C@@H](O[C@H]2C3CO[C@H](O3)C(N=[N+]=[N-])[C@@H]2OC)C(OC)C(C)[C@@H]1O[C@H]1O[C@@H](CO)[C@@H](O)C(C)C1C. The molecule has 0 saturated carbocycles. The van der Waals surface area contributed by atoms with Gasteiger partial charge in [-0.25, -0.2) is 0 Å². The van der Waals surface area contributed by atoms with Crippen molar-refractivity contribution in [2.24, 2.45) is 22.9 Å². The standard InChI is InChI=1S/C24H41N3O11/c1-10-11(2)22(34-13(7-28)17(10)29)37-18-12(3)19(31-5)24(36-14(18)8-30-4)38-20-15-9-33-23(35-15)16(26-27-25)21(20)32-6/h10-24,28-29H,7-9H2,1-6H3/t10?,11?,12?,13-,14-,15?,16?,17-,18-,19?,20-,21-,22+,23+,24-/m0/s1. The smallest absolute Gasteiger partial charge is 0.185 e. The van der Waals surface area contributed by atoms with Crippen LogP contribution in [0, 0.1) is 17.8 Å². The van der Waals surface area contributed by atoms with Gasteiger partial charge in [0.15, 0.2) is 18.9 Å². The first kappa shape index (κ1) is 29.8. The molecule has 4 aliphatic heterocycles. The number of hydrogen-bond donors (Lipinski definition) is 2. The van der Waals surface area contributed by atoms with Gasteiger partial charge >= 0.3 is 0 Å². The largest absolute Gasteiger partial charge is 0.394 e. The van der Waals surface area contributed by atoms with Crippen molar-refractivity contribution in [3.8, 4) is 0 Å². The summed E-state index contributed by atoms with van der Waals surface area (Å²) in [6.45, 7) is 5.96. The first-order valence-electron chi connectivity index (χ1n) is 13.1. The fourth-order valence-corrected chi connectivity index (χ4v) is 5.91. The molecule has 2 bridgehead atoms. The van der Waals surface area contributed by atoms with Gasteiger partial charge in [0.25, 0.3) is 0 Å². The molecular formula is C24H41N3O11. The van der Waals surface area contributed by atoms with E-state index in [4.69, 9.17) is 48.2 Å². The van der Waals surface area contributed by atoms with Crippen LogP contribution in [-0.4, -0.2) is 125 Å². The Balaban J connectivity index is 1.53. The molecule has 0 amide bonds. The van der Waals surface area contributed by atoms with Crippen molar-refractivity contribution in [2.75, 3.05) is 41.2 Å². The number of nitrogens with zero attached hydrogens (tertiary/aromatic N) is 3. The van der Waals surface area contributed by atoms with Crippen LogP contribution < -0.4 is 0 Å². The number of aliphatic hydroxyl groups excluding tert-OH is 2. The maximum Gasteiger partial charge on any atom is 0.185 e. The van der Waals surface area contributed by atoms with Crippen molar-refractivity contribution in [1.29, 1.82) is 0 Å². The Morgan fingerprint density at radius 2 is 1.55 bits per heavy atom. The molecule has 4 heterocycles. The third-order valence-corrected chi connectivity index (χ3v) is 8.33. The fraction of sp³-hybridized carbons (Fsp3) is 1.00. The number of methoxy groups -OCH3 is 3. The van der Waals surface area contributed by atoms with E-state index >= 15 is 0 Å². The Bertz CT molecular complexity index is 815. The molecule has 2 N–H and O–H groups in total. The van der Waals surface area contributed by atoms with Crippen LogP contribution in [0.5, 0.6) is 0 Å². The lowest BCUT2D eigenvalue weighted by atomic mass is 9.84. The highest BCUT2D eigenvalue weighted by molar-refractivity contribution is 5.00. The molecule has 0 radical (unpaired) electrons. The monoisotopic (exact) mass is 547 g/mol. The average molecular weight is 548 g/mol. The number of ether oxygens (including phenoxy) is 9. The minimum atomic E-state index is -0.847. The van der Waals surface area contributed by atoms with Gasteiger partial charge in [-0.3, -0.25) is 0 Å². The van der Waals surface area contributed by atoms with Crippen molar-refractivity contribution in [1.82, 2.24) is 0 Å². The maximum absolute atomic E-state index is 10.5. The second kappa shape index (κ2) is 13.0. The highest BCUT2D eigenvalue weighted by Gasteiger charge is 2.55. The van der Waals surface area contributed by atoms with Gasteiger partial charge in [-0.05, 0) is 11.4 Å². The highest BCUT2D eigenvalue weighted by Crippen LogP contribution is 2.39. The van der Waals surface area contributed by atoms with Gasteiger partial charge < -0.3 is 52.8 Å². The summed E-state index contributed by atoms with van der Waals surface area (Å²) in [7, 11) is 4.65. The van der Waals surface area contributed by atoms with Crippen LogP contribution in [-0.2, 0) is 42.6 Å². The summed E-state index contributed by atoms with van der Waals surface area (Å²) in [4.78, 5) is 2.93. The van der Waals surface area contributed by atoms with Crippen molar-refractivity contribution >= 4 is 0 Å². The quantitative estimate of drug-likeness (QED) is 0.222. The molecule has 4 rings (SSSR count). The summed E-state index contributed by atoms with van der Waals surface area (Å²) >= 11 is 0. The van der Waals surface area contributed by atoms with Crippen LogP contribution in [0.4, 0.5) is 0 Å². The fourth-order valence-electron chi connectivity index (χ4n) is 5.91. The van der Waals surface area contributed by atoms with E-state index in [1.807, 2.05) is 20.8 Å². The molecule has 0 aromatic heterocycles. The molecule has 6 unspecified atom stereocenters. The molecule has 15 atom stereocenters. The number of rotatable bonds is 10. The number of aliphatic hydroxyl groups is 2. The Morgan fingerprint density at radius 1 is 0.868 bits per heavy atom. The summed E-state index contributed by atoms with van der Waals surface area (Å²) < 4.78 is 53.8. The number of hydrogen-bond acceptors (Lipinski definition) is 12. The van der Waals surface area contributed by atoms with E-state index in [1.165, 1.54) is 7.11 Å². The zero-order valence-corrected chi connectivity index (χ0v) is 22.7. The first-order valence-corrected chi connectivity index (χ1v) is 13.1. The van der Waals surface area contributed by atoms with E-state index in [0.717, 1.165) is 0 Å². The molecule has 38 heavy (non-hydrogen) atoms. The molecule has 14 nitrogen and oxygen atoms in total. The van der Waals surface area contributed by atoms with Crippen LogP contribution in [0.3, 0.4) is 0 Å². The van der Waals surface area contributed by atoms with Gasteiger partial charge in [0.1, 0.15) is 36.6 Å².